The highest BCUT2D eigenvalue weighted by atomic mass is 35.5. The summed E-state index contributed by atoms with van der Waals surface area (Å²) in [5.74, 6) is -0.790. The third-order valence-corrected chi connectivity index (χ3v) is 5.07. The highest BCUT2D eigenvalue weighted by molar-refractivity contribution is 6.30. The van der Waals surface area contributed by atoms with Crippen molar-refractivity contribution in [2.45, 2.75) is 25.7 Å². The quantitative estimate of drug-likeness (QED) is 0.562. The number of imidazole rings is 1. The molecule has 1 aliphatic rings. The Labute approximate surface area is 181 Å². The minimum absolute atomic E-state index is 0.0539. The molecule has 2 unspecified atom stereocenters. The molecule has 4 rings (SSSR count). The number of carbonyl (C=O) groups is 1. The first-order valence-corrected chi connectivity index (χ1v) is 9.91. The number of aryl methyl sites for hydroxylation is 1. The zero-order valence-corrected chi connectivity index (χ0v) is 17.2. The van der Waals surface area contributed by atoms with E-state index in [9.17, 15) is 13.6 Å². The molecule has 1 fully saturated rings. The topological polar surface area (TPSA) is 94.0 Å². The summed E-state index contributed by atoms with van der Waals surface area (Å²) >= 11 is 5.67. The van der Waals surface area contributed by atoms with Gasteiger partial charge in [0.1, 0.15) is 23.7 Å². The molecule has 3 aromatic rings. The summed E-state index contributed by atoms with van der Waals surface area (Å²) in [6.07, 6.45) is 3.23. The first-order chi connectivity index (χ1) is 14.9. The number of hydrogen-bond donors (Lipinski definition) is 2. The molecule has 1 aliphatic heterocycles. The lowest BCUT2D eigenvalue weighted by molar-refractivity contribution is 0.0887. The largest absolute Gasteiger partial charge is 0.379 e. The van der Waals surface area contributed by atoms with Crippen LogP contribution in [0, 0.1) is 12.7 Å². The number of hydrogen-bond acceptors (Lipinski definition) is 6. The molecular weight excluding hydrogens is 430 g/mol. The third kappa shape index (κ3) is 4.64. The van der Waals surface area contributed by atoms with Crippen LogP contribution in [-0.4, -0.2) is 44.7 Å². The average molecular weight is 449 g/mol. The van der Waals surface area contributed by atoms with Crippen molar-refractivity contribution < 1.29 is 18.3 Å². The fraction of sp³-hybridized carbons (Fsp3) is 0.300. The number of ether oxygens (including phenoxy) is 1. The van der Waals surface area contributed by atoms with Crippen LogP contribution in [-0.2, 0) is 4.74 Å². The van der Waals surface area contributed by atoms with Gasteiger partial charge in [-0.2, -0.15) is 4.98 Å². The number of anilines is 1. The Balaban J connectivity index is 1.49. The third-order valence-electron chi connectivity index (χ3n) is 4.78. The van der Waals surface area contributed by atoms with Crippen LogP contribution >= 0.6 is 11.6 Å². The van der Waals surface area contributed by atoms with Gasteiger partial charge in [0.25, 0.3) is 5.91 Å². The van der Waals surface area contributed by atoms with Crippen molar-refractivity contribution in [3.63, 3.8) is 0 Å². The van der Waals surface area contributed by atoms with E-state index < -0.39 is 18.0 Å². The zero-order chi connectivity index (χ0) is 22.0. The highest BCUT2D eigenvalue weighted by Gasteiger charge is 2.22. The van der Waals surface area contributed by atoms with Gasteiger partial charge in [-0.15, -0.1) is 0 Å². The molecule has 2 aromatic heterocycles. The molecule has 1 amide bonds. The van der Waals surface area contributed by atoms with Gasteiger partial charge in [0.15, 0.2) is 0 Å². The Bertz CT molecular complexity index is 1100. The van der Waals surface area contributed by atoms with E-state index in [1.165, 1.54) is 35.3 Å². The van der Waals surface area contributed by atoms with Gasteiger partial charge in [-0.1, -0.05) is 23.7 Å². The lowest BCUT2D eigenvalue weighted by Crippen LogP contribution is -2.26. The number of benzene rings is 1. The Hall–Kier alpha value is -3.11. The number of nitrogens with zero attached hydrogens (tertiary/aromatic N) is 4. The predicted octanol–water partition coefficient (Wildman–Crippen LogP) is 3.36. The monoisotopic (exact) mass is 448 g/mol. The molecular formula is C20H19ClF2N6O2. The highest BCUT2D eigenvalue weighted by Crippen LogP contribution is 2.24. The number of halogens is 3. The molecule has 0 saturated carbocycles. The maximum Gasteiger partial charge on any atom is 0.273 e. The maximum atomic E-state index is 14.4. The van der Waals surface area contributed by atoms with Gasteiger partial charge in [-0.25, -0.2) is 18.7 Å². The molecule has 0 radical (unpaired) electrons. The molecule has 1 saturated heterocycles. The SMILES string of the molecule is Cc1cnc(NC2CCOC2)nc1-n1cnc(C(=O)NC(F)c2cccc(Cl)c2F)c1. The van der Waals surface area contributed by atoms with Gasteiger partial charge in [0, 0.05) is 30.1 Å². The van der Waals surface area contributed by atoms with E-state index in [2.05, 4.69) is 25.6 Å². The standard InChI is InChI=1S/C20H19ClF2N6O2/c1-11-7-24-20(26-12-5-6-31-9-12)28-18(11)29-8-15(25-10-29)19(30)27-17(23)13-3-2-4-14(21)16(13)22/h2-4,7-8,10,12,17H,5-6,9H2,1H3,(H,27,30)(H,24,26,28). The van der Waals surface area contributed by atoms with E-state index in [-0.39, 0.29) is 22.3 Å². The fourth-order valence-corrected chi connectivity index (χ4v) is 3.32. The van der Waals surface area contributed by atoms with Crippen LogP contribution in [0.3, 0.4) is 0 Å². The second-order valence-electron chi connectivity index (χ2n) is 7.05. The van der Waals surface area contributed by atoms with Gasteiger partial charge < -0.3 is 15.4 Å². The van der Waals surface area contributed by atoms with Crippen molar-refractivity contribution in [3.8, 4) is 5.82 Å². The fourth-order valence-electron chi connectivity index (χ4n) is 3.13. The first-order valence-electron chi connectivity index (χ1n) is 9.53. The van der Waals surface area contributed by atoms with Crippen molar-refractivity contribution in [3.05, 3.63) is 64.6 Å². The van der Waals surface area contributed by atoms with E-state index >= 15 is 0 Å². The van der Waals surface area contributed by atoms with Gasteiger partial charge >= 0.3 is 0 Å². The summed E-state index contributed by atoms with van der Waals surface area (Å²) < 4.78 is 35.3. The van der Waals surface area contributed by atoms with Crippen LogP contribution in [0.5, 0.6) is 0 Å². The molecule has 1 aromatic carbocycles. The van der Waals surface area contributed by atoms with Crippen molar-refractivity contribution in [2.75, 3.05) is 18.5 Å². The van der Waals surface area contributed by atoms with Crippen LogP contribution in [0.1, 0.15) is 34.3 Å². The zero-order valence-electron chi connectivity index (χ0n) is 16.5. The van der Waals surface area contributed by atoms with Crippen molar-refractivity contribution in [2.24, 2.45) is 0 Å². The van der Waals surface area contributed by atoms with E-state index in [1.807, 2.05) is 6.92 Å². The summed E-state index contributed by atoms with van der Waals surface area (Å²) in [7, 11) is 0. The normalized spacial score (nSPS) is 16.8. The maximum absolute atomic E-state index is 14.4. The summed E-state index contributed by atoms with van der Waals surface area (Å²) in [6.45, 7) is 3.08. The number of amides is 1. The first kappa shape index (κ1) is 21.1. The number of aromatic nitrogens is 4. The molecule has 2 atom stereocenters. The average Bonchev–Trinajstić information content (AvgIpc) is 3.43. The number of carbonyl (C=O) groups excluding carboxylic acids is 1. The van der Waals surface area contributed by atoms with E-state index in [0.29, 0.717) is 25.0 Å². The predicted molar refractivity (Wildman–Crippen MR) is 109 cm³/mol. The Kier molecular flexibility index (Phi) is 6.10. The second-order valence-corrected chi connectivity index (χ2v) is 7.46. The lowest BCUT2D eigenvalue weighted by atomic mass is 10.2. The molecule has 162 valence electrons. The summed E-state index contributed by atoms with van der Waals surface area (Å²) in [6, 6.07) is 4.03. The molecule has 3 heterocycles. The number of nitrogens with one attached hydrogen (secondary N) is 2. The molecule has 2 N–H and O–H groups in total. The lowest BCUT2D eigenvalue weighted by Gasteiger charge is -2.13. The molecule has 0 spiro atoms. The number of rotatable bonds is 6. The van der Waals surface area contributed by atoms with E-state index in [0.717, 1.165) is 12.0 Å². The smallest absolute Gasteiger partial charge is 0.273 e. The molecule has 0 bridgehead atoms. The van der Waals surface area contributed by atoms with E-state index in [4.69, 9.17) is 16.3 Å². The summed E-state index contributed by atoms with van der Waals surface area (Å²) in [5.41, 5.74) is 0.335. The van der Waals surface area contributed by atoms with Crippen LogP contribution in [0.25, 0.3) is 5.82 Å². The summed E-state index contributed by atoms with van der Waals surface area (Å²) in [5, 5.41) is 5.06. The second kappa shape index (κ2) is 8.94. The van der Waals surface area contributed by atoms with Gasteiger partial charge in [-0.3, -0.25) is 9.36 Å². The van der Waals surface area contributed by atoms with Crippen molar-refractivity contribution in [1.82, 2.24) is 24.8 Å². The van der Waals surface area contributed by atoms with Gasteiger partial charge in [-0.05, 0) is 19.4 Å². The van der Waals surface area contributed by atoms with E-state index in [1.54, 1.807) is 6.20 Å². The number of alkyl halides is 1. The molecule has 11 heteroatoms. The van der Waals surface area contributed by atoms with Crippen molar-refractivity contribution in [1.29, 1.82) is 0 Å². The van der Waals surface area contributed by atoms with Gasteiger partial charge in [0.05, 0.1) is 17.7 Å². The van der Waals surface area contributed by atoms with Crippen LogP contribution in [0.2, 0.25) is 5.02 Å². The Morgan fingerprint density at radius 3 is 3.00 bits per heavy atom. The van der Waals surface area contributed by atoms with Crippen molar-refractivity contribution >= 4 is 23.5 Å². The molecule has 31 heavy (non-hydrogen) atoms. The molecule has 8 nitrogen and oxygen atoms in total. The minimum Gasteiger partial charge on any atom is -0.379 e. The van der Waals surface area contributed by atoms with Gasteiger partial charge in [0.2, 0.25) is 12.2 Å². The van der Waals surface area contributed by atoms with Crippen LogP contribution in [0.15, 0.2) is 36.9 Å². The Morgan fingerprint density at radius 2 is 2.23 bits per heavy atom. The van der Waals surface area contributed by atoms with Crippen LogP contribution < -0.4 is 10.6 Å². The summed E-state index contributed by atoms with van der Waals surface area (Å²) in [4.78, 5) is 25.2. The Morgan fingerprint density at radius 1 is 1.39 bits per heavy atom. The molecule has 0 aliphatic carbocycles. The minimum atomic E-state index is -2.08. The van der Waals surface area contributed by atoms with Crippen LogP contribution in [0.4, 0.5) is 14.7 Å².